The van der Waals surface area contributed by atoms with Crippen molar-refractivity contribution >= 4 is 35.4 Å². The molecule has 5 rings (SSSR count). The van der Waals surface area contributed by atoms with Gasteiger partial charge in [0.1, 0.15) is 6.04 Å². The summed E-state index contributed by atoms with van der Waals surface area (Å²) in [6.07, 6.45) is 2.15. The predicted octanol–water partition coefficient (Wildman–Crippen LogP) is 0.853. The van der Waals surface area contributed by atoms with E-state index in [-0.39, 0.29) is 36.4 Å². The second-order valence-electron chi connectivity index (χ2n) is 8.72. The van der Waals surface area contributed by atoms with E-state index in [1.165, 1.54) is 9.58 Å². The van der Waals surface area contributed by atoms with Crippen molar-refractivity contribution < 1.29 is 19.2 Å². The monoisotopic (exact) mass is 468 g/mol. The lowest BCUT2D eigenvalue weighted by Crippen LogP contribution is -2.52. The molecule has 3 aliphatic heterocycles. The molecular weight excluding hydrogens is 444 g/mol. The Morgan fingerprint density at radius 1 is 1.24 bits per heavy atom. The van der Waals surface area contributed by atoms with E-state index in [0.29, 0.717) is 36.7 Å². The van der Waals surface area contributed by atoms with Crippen LogP contribution in [-0.2, 0) is 16.1 Å². The maximum atomic E-state index is 12.9. The number of amides is 4. The van der Waals surface area contributed by atoms with Crippen LogP contribution in [0.3, 0.4) is 0 Å². The number of imide groups is 1. The number of rotatable bonds is 3. The van der Waals surface area contributed by atoms with E-state index >= 15 is 0 Å². The van der Waals surface area contributed by atoms with Gasteiger partial charge in [0.15, 0.2) is 5.69 Å². The Morgan fingerprint density at radius 3 is 2.91 bits per heavy atom. The number of carbonyl (C=O) groups is 4. The fourth-order valence-electron chi connectivity index (χ4n) is 4.52. The largest absolute Gasteiger partial charge is 0.336 e. The predicted molar refractivity (Wildman–Crippen MR) is 120 cm³/mol. The van der Waals surface area contributed by atoms with Crippen LogP contribution in [0.5, 0.6) is 0 Å². The lowest BCUT2D eigenvalue weighted by Gasteiger charge is -2.29. The zero-order chi connectivity index (χ0) is 23.1. The summed E-state index contributed by atoms with van der Waals surface area (Å²) in [4.78, 5) is 52.8. The Bertz CT molecular complexity index is 1150. The van der Waals surface area contributed by atoms with Gasteiger partial charge in [0.25, 0.3) is 11.8 Å². The molecule has 2 aromatic rings. The summed E-state index contributed by atoms with van der Waals surface area (Å²) in [6, 6.07) is 4.62. The topological polar surface area (TPSA) is 118 Å². The number of aromatic nitrogens is 3. The van der Waals surface area contributed by atoms with E-state index in [9.17, 15) is 19.2 Å². The fraction of sp³-hybridized carbons (Fsp3) is 0.455. The minimum Gasteiger partial charge on any atom is -0.336 e. The molecule has 4 heterocycles. The molecule has 0 spiro atoms. The maximum absolute atomic E-state index is 12.9. The van der Waals surface area contributed by atoms with E-state index < -0.39 is 11.9 Å². The standard InChI is InChI=1S/C22H24N6O4S/c1-13-9-26(6-7-33-12-13)22(32)17-11-28(25-24-17)15-2-3-16-14(8-15)10-27(21(16)31)18-4-5-19(29)23-20(18)30/h2-3,8,11,13,18H,4-7,9-10,12H2,1H3,(H,23,29,30). The van der Waals surface area contributed by atoms with Gasteiger partial charge in [-0.05, 0) is 41.9 Å². The third-order valence-electron chi connectivity index (χ3n) is 6.21. The molecule has 0 radical (unpaired) electrons. The third kappa shape index (κ3) is 4.12. The highest BCUT2D eigenvalue weighted by Crippen LogP contribution is 2.29. The second-order valence-corrected chi connectivity index (χ2v) is 9.87. The third-order valence-corrected chi connectivity index (χ3v) is 7.49. The smallest absolute Gasteiger partial charge is 0.276 e. The molecule has 0 bridgehead atoms. The highest BCUT2D eigenvalue weighted by atomic mass is 32.2. The Labute approximate surface area is 194 Å². The molecule has 10 nitrogen and oxygen atoms in total. The zero-order valence-electron chi connectivity index (χ0n) is 18.2. The van der Waals surface area contributed by atoms with Crippen LogP contribution < -0.4 is 5.32 Å². The SMILES string of the molecule is CC1CSCCN(C(=O)c2cn(-c3ccc4c(c3)CN(C3CCC(=O)NC3=O)C4=O)nn2)C1. The minimum absolute atomic E-state index is 0.129. The number of benzene rings is 1. The van der Waals surface area contributed by atoms with Crippen LogP contribution in [0.25, 0.3) is 5.69 Å². The van der Waals surface area contributed by atoms with E-state index in [1.54, 1.807) is 18.3 Å². The molecule has 2 unspecified atom stereocenters. The second kappa shape index (κ2) is 8.62. The van der Waals surface area contributed by atoms with Crippen molar-refractivity contribution in [3.63, 3.8) is 0 Å². The molecule has 11 heteroatoms. The van der Waals surface area contributed by atoms with Gasteiger partial charge in [0.2, 0.25) is 11.8 Å². The molecule has 172 valence electrons. The molecule has 0 saturated carbocycles. The summed E-state index contributed by atoms with van der Waals surface area (Å²) in [6.45, 7) is 3.81. The number of hydrogen-bond acceptors (Lipinski definition) is 7. The average Bonchev–Trinajstić information content (AvgIpc) is 3.34. The molecule has 2 atom stereocenters. The molecule has 1 aromatic carbocycles. The summed E-state index contributed by atoms with van der Waals surface area (Å²) in [7, 11) is 0. The van der Waals surface area contributed by atoms with E-state index in [0.717, 1.165) is 17.1 Å². The van der Waals surface area contributed by atoms with Crippen molar-refractivity contribution in [1.29, 1.82) is 0 Å². The van der Waals surface area contributed by atoms with Gasteiger partial charge in [0, 0.05) is 37.4 Å². The van der Waals surface area contributed by atoms with Gasteiger partial charge in [0.05, 0.1) is 11.9 Å². The van der Waals surface area contributed by atoms with Crippen LogP contribution in [0.15, 0.2) is 24.4 Å². The fourth-order valence-corrected chi connectivity index (χ4v) is 5.54. The van der Waals surface area contributed by atoms with Gasteiger partial charge in [-0.3, -0.25) is 24.5 Å². The highest BCUT2D eigenvalue weighted by molar-refractivity contribution is 7.99. The molecule has 4 amide bonds. The minimum atomic E-state index is -0.657. The summed E-state index contributed by atoms with van der Waals surface area (Å²) in [5.41, 5.74) is 2.26. The van der Waals surface area contributed by atoms with Crippen LogP contribution in [0.1, 0.15) is 46.2 Å². The molecule has 3 aliphatic rings. The maximum Gasteiger partial charge on any atom is 0.276 e. The van der Waals surface area contributed by atoms with Crippen molar-refractivity contribution in [3.05, 3.63) is 41.2 Å². The lowest BCUT2D eigenvalue weighted by molar-refractivity contribution is -0.136. The van der Waals surface area contributed by atoms with Crippen LogP contribution in [0.4, 0.5) is 0 Å². The molecule has 0 aliphatic carbocycles. The van der Waals surface area contributed by atoms with Crippen LogP contribution in [0, 0.1) is 5.92 Å². The van der Waals surface area contributed by atoms with Gasteiger partial charge in [-0.1, -0.05) is 12.1 Å². The van der Waals surface area contributed by atoms with Crippen LogP contribution >= 0.6 is 11.8 Å². The first-order valence-electron chi connectivity index (χ1n) is 11.0. The summed E-state index contributed by atoms with van der Waals surface area (Å²) < 4.78 is 1.53. The molecule has 2 saturated heterocycles. The summed E-state index contributed by atoms with van der Waals surface area (Å²) in [5, 5.41) is 10.5. The van der Waals surface area contributed by atoms with E-state index in [4.69, 9.17) is 0 Å². The first-order chi connectivity index (χ1) is 15.9. The Balaban J connectivity index is 1.34. The first-order valence-corrected chi connectivity index (χ1v) is 12.1. The molecule has 1 N–H and O–H groups in total. The van der Waals surface area contributed by atoms with Gasteiger partial charge in [-0.15, -0.1) is 5.10 Å². The quantitative estimate of drug-likeness (QED) is 0.664. The average molecular weight is 469 g/mol. The Morgan fingerprint density at radius 2 is 2.09 bits per heavy atom. The van der Waals surface area contributed by atoms with Crippen molar-refractivity contribution in [2.75, 3.05) is 24.6 Å². The van der Waals surface area contributed by atoms with E-state index in [2.05, 4.69) is 22.6 Å². The van der Waals surface area contributed by atoms with E-state index in [1.807, 2.05) is 22.7 Å². The number of piperidine rings is 1. The van der Waals surface area contributed by atoms with Crippen molar-refractivity contribution in [2.24, 2.45) is 5.92 Å². The molecule has 1 aromatic heterocycles. The normalized spacial score (nSPS) is 23.4. The van der Waals surface area contributed by atoms with Crippen molar-refractivity contribution in [3.8, 4) is 5.69 Å². The van der Waals surface area contributed by atoms with Gasteiger partial charge in [-0.25, -0.2) is 4.68 Å². The summed E-state index contributed by atoms with van der Waals surface area (Å²) in [5.74, 6) is 1.27. The number of carbonyl (C=O) groups excluding carboxylic acids is 4. The number of fused-ring (bicyclic) bond motifs is 1. The first kappa shape index (κ1) is 21.6. The number of nitrogens with zero attached hydrogens (tertiary/aromatic N) is 5. The van der Waals surface area contributed by atoms with Gasteiger partial charge in [-0.2, -0.15) is 11.8 Å². The molecular formula is C22H24N6O4S. The highest BCUT2D eigenvalue weighted by Gasteiger charge is 2.39. The van der Waals surface area contributed by atoms with Crippen molar-refractivity contribution in [2.45, 2.75) is 32.4 Å². The van der Waals surface area contributed by atoms with Crippen LogP contribution in [-0.4, -0.2) is 79.1 Å². The number of nitrogens with one attached hydrogen (secondary N) is 1. The van der Waals surface area contributed by atoms with Gasteiger partial charge >= 0.3 is 0 Å². The Kier molecular flexibility index (Phi) is 5.65. The molecule has 33 heavy (non-hydrogen) atoms. The lowest BCUT2D eigenvalue weighted by atomic mass is 10.0. The van der Waals surface area contributed by atoms with Gasteiger partial charge < -0.3 is 9.80 Å². The number of hydrogen-bond donors (Lipinski definition) is 1. The molecule has 2 fully saturated rings. The zero-order valence-corrected chi connectivity index (χ0v) is 19.0. The number of thioether (sulfide) groups is 1. The Hall–Kier alpha value is -3.21. The van der Waals surface area contributed by atoms with Crippen LogP contribution in [0.2, 0.25) is 0 Å². The van der Waals surface area contributed by atoms with Crippen molar-refractivity contribution in [1.82, 2.24) is 30.1 Å². The summed E-state index contributed by atoms with van der Waals surface area (Å²) >= 11 is 1.86.